The highest BCUT2D eigenvalue weighted by Crippen LogP contribution is 2.25. The van der Waals surface area contributed by atoms with Gasteiger partial charge in [-0.3, -0.25) is 9.59 Å². The Labute approximate surface area is 77.3 Å². The fourth-order valence-electron chi connectivity index (χ4n) is 1.27. The summed E-state index contributed by atoms with van der Waals surface area (Å²) in [6.45, 7) is 0.488. The van der Waals surface area contributed by atoms with Gasteiger partial charge >= 0.3 is 5.97 Å². The highest BCUT2D eigenvalue weighted by atomic mass is 16.4. The molecular formula is C9H15NO3. The normalized spacial score (nSPS) is 16.3. The van der Waals surface area contributed by atoms with E-state index in [0.29, 0.717) is 13.0 Å². The number of nitrogens with one attached hydrogen (secondary N) is 1. The molecule has 0 aromatic rings. The van der Waals surface area contributed by atoms with Gasteiger partial charge in [0.15, 0.2) is 0 Å². The van der Waals surface area contributed by atoms with Gasteiger partial charge in [0.2, 0.25) is 5.91 Å². The summed E-state index contributed by atoms with van der Waals surface area (Å²) in [7, 11) is 0. The van der Waals surface area contributed by atoms with Crippen LogP contribution in [0.4, 0.5) is 0 Å². The molecule has 0 aromatic heterocycles. The van der Waals surface area contributed by atoms with Crippen LogP contribution in [0.1, 0.15) is 32.1 Å². The molecule has 0 unspecified atom stereocenters. The van der Waals surface area contributed by atoms with Gasteiger partial charge in [-0.25, -0.2) is 0 Å². The van der Waals surface area contributed by atoms with Crippen LogP contribution in [0, 0.1) is 5.92 Å². The Morgan fingerprint density at radius 1 is 1.38 bits per heavy atom. The first-order valence-electron chi connectivity index (χ1n) is 4.69. The quantitative estimate of drug-likeness (QED) is 0.621. The van der Waals surface area contributed by atoms with Crippen LogP contribution in [0.15, 0.2) is 0 Å². The molecule has 0 atom stereocenters. The summed E-state index contributed by atoms with van der Waals surface area (Å²) in [6, 6.07) is 0. The molecule has 1 aliphatic rings. The Kier molecular flexibility index (Phi) is 3.73. The third-order valence-electron chi connectivity index (χ3n) is 2.34. The van der Waals surface area contributed by atoms with E-state index in [0.717, 1.165) is 19.3 Å². The Bertz CT molecular complexity index is 199. The van der Waals surface area contributed by atoms with Crippen LogP contribution in [-0.2, 0) is 9.59 Å². The standard InChI is InChI=1S/C9H15NO3/c11-8(12)5-2-6-10-9(13)7-3-1-4-7/h7H,1-6H2,(H,10,13)(H,11,12). The maximum atomic E-state index is 11.2. The molecule has 4 nitrogen and oxygen atoms in total. The van der Waals surface area contributed by atoms with E-state index >= 15 is 0 Å². The minimum atomic E-state index is -0.808. The summed E-state index contributed by atoms with van der Waals surface area (Å²) in [5.41, 5.74) is 0. The van der Waals surface area contributed by atoms with E-state index in [1.54, 1.807) is 0 Å². The SMILES string of the molecule is O=C(O)CCCNC(=O)C1CCC1. The van der Waals surface area contributed by atoms with Gasteiger partial charge in [0.05, 0.1) is 0 Å². The molecule has 0 heterocycles. The smallest absolute Gasteiger partial charge is 0.303 e. The average Bonchev–Trinajstić information content (AvgIpc) is 1.94. The van der Waals surface area contributed by atoms with Crippen molar-refractivity contribution in [3.05, 3.63) is 0 Å². The second kappa shape index (κ2) is 4.84. The zero-order valence-corrected chi connectivity index (χ0v) is 7.58. The second-order valence-corrected chi connectivity index (χ2v) is 3.42. The van der Waals surface area contributed by atoms with Crippen molar-refractivity contribution in [2.75, 3.05) is 6.54 Å². The fraction of sp³-hybridized carbons (Fsp3) is 0.778. The van der Waals surface area contributed by atoms with Crippen molar-refractivity contribution in [3.8, 4) is 0 Å². The predicted molar refractivity (Wildman–Crippen MR) is 47.2 cm³/mol. The first kappa shape index (κ1) is 10.0. The van der Waals surface area contributed by atoms with Crippen LogP contribution < -0.4 is 5.32 Å². The number of carboxylic acids is 1. The minimum Gasteiger partial charge on any atom is -0.481 e. The zero-order valence-electron chi connectivity index (χ0n) is 7.58. The number of hydrogen-bond acceptors (Lipinski definition) is 2. The van der Waals surface area contributed by atoms with Crippen molar-refractivity contribution < 1.29 is 14.7 Å². The first-order valence-corrected chi connectivity index (χ1v) is 4.69. The van der Waals surface area contributed by atoms with Gasteiger partial charge in [-0.15, -0.1) is 0 Å². The maximum absolute atomic E-state index is 11.2. The van der Waals surface area contributed by atoms with Crippen molar-refractivity contribution in [1.82, 2.24) is 5.32 Å². The van der Waals surface area contributed by atoms with Crippen molar-refractivity contribution in [2.24, 2.45) is 5.92 Å². The monoisotopic (exact) mass is 185 g/mol. The number of aliphatic carboxylic acids is 1. The summed E-state index contributed by atoms with van der Waals surface area (Å²) in [4.78, 5) is 21.3. The highest BCUT2D eigenvalue weighted by Gasteiger charge is 2.24. The van der Waals surface area contributed by atoms with Crippen LogP contribution in [0.5, 0.6) is 0 Å². The van der Waals surface area contributed by atoms with Crippen LogP contribution in [0.25, 0.3) is 0 Å². The van der Waals surface area contributed by atoms with Gasteiger partial charge < -0.3 is 10.4 Å². The molecule has 2 N–H and O–H groups in total. The van der Waals surface area contributed by atoms with Gasteiger partial charge in [0.25, 0.3) is 0 Å². The summed E-state index contributed by atoms with van der Waals surface area (Å²) in [6.07, 6.45) is 3.78. The summed E-state index contributed by atoms with van der Waals surface area (Å²) < 4.78 is 0. The molecule has 1 rings (SSSR count). The first-order chi connectivity index (χ1) is 6.20. The number of amides is 1. The van der Waals surface area contributed by atoms with E-state index in [2.05, 4.69) is 5.32 Å². The number of carboxylic acid groups (broad SMARTS) is 1. The molecule has 1 amide bonds. The van der Waals surface area contributed by atoms with Gasteiger partial charge in [0.1, 0.15) is 0 Å². The number of rotatable bonds is 5. The molecule has 1 saturated carbocycles. The lowest BCUT2D eigenvalue weighted by Crippen LogP contribution is -2.35. The van der Waals surface area contributed by atoms with Crippen molar-refractivity contribution in [3.63, 3.8) is 0 Å². The molecule has 0 aliphatic heterocycles. The molecule has 0 aromatic carbocycles. The zero-order chi connectivity index (χ0) is 9.68. The third-order valence-corrected chi connectivity index (χ3v) is 2.34. The van der Waals surface area contributed by atoms with Gasteiger partial charge in [-0.05, 0) is 19.3 Å². The van der Waals surface area contributed by atoms with Crippen molar-refractivity contribution in [2.45, 2.75) is 32.1 Å². The lowest BCUT2D eigenvalue weighted by Gasteiger charge is -2.23. The maximum Gasteiger partial charge on any atom is 0.303 e. The topological polar surface area (TPSA) is 66.4 Å². The highest BCUT2D eigenvalue weighted by molar-refractivity contribution is 5.79. The average molecular weight is 185 g/mol. The Morgan fingerprint density at radius 3 is 2.54 bits per heavy atom. The molecule has 0 spiro atoms. The van der Waals surface area contributed by atoms with Crippen molar-refractivity contribution in [1.29, 1.82) is 0 Å². The summed E-state index contributed by atoms with van der Waals surface area (Å²) in [5, 5.41) is 11.1. The number of carbonyl (C=O) groups is 2. The molecule has 4 heteroatoms. The van der Waals surface area contributed by atoms with Crippen molar-refractivity contribution >= 4 is 11.9 Å². The molecule has 0 bridgehead atoms. The second-order valence-electron chi connectivity index (χ2n) is 3.42. The minimum absolute atomic E-state index is 0.0941. The molecule has 0 saturated heterocycles. The van der Waals surface area contributed by atoms with E-state index in [9.17, 15) is 9.59 Å². The van der Waals surface area contributed by atoms with E-state index in [-0.39, 0.29) is 18.2 Å². The summed E-state index contributed by atoms with van der Waals surface area (Å²) >= 11 is 0. The van der Waals surface area contributed by atoms with E-state index in [1.165, 1.54) is 0 Å². The van der Waals surface area contributed by atoms with E-state index < -0.39 is 5.97 Å². The molecule has 13 heavy (non-hydrogen) atoms. The van der Waals surface area contributed by atoms with Crippen LogP contribution in [-0.4, -0.2) is 23.5 Å². The molecule has 74 valence electrons. The van der Waals surface area contributed by atoms with Crippen LogP contribution in [0.2, 0.25) is 0 Å². The molecule has 1 fully saturated rings. The summed E-state index contributed by atoms with van der Waals surface area (Å²) in [5.74, 6) is -0.514. The Morgan fingerprint density at radius 2 is 2.08 bits per heavy atom. The van der Waals surface area contributed by atoms with Crippen LogP contribution >= 0.6 is 0 Å². The van der Waals surface area contributed by atoms with Gasteiger partial charge in [-0.2, -0.15) is 0 Å². The van der Waals surface area contributed by atoms with E-state index in [1.807, 2.05) is 0 Å². The largest absolute Gasteiger partial charge is 0.481 e. The molecule has 0 radical (unpaired) electrons. The van der Waals surface area contributed by atoms with Crippen LogP contribution in [0.3, 0.4) is 0 Å². The molecule has 1 aliphatic carbocycles. The number of hydrogen-bond donors (Lipinski definition) is 2. The van der Waals surface area contributed by atoms with E-state index in [4.69, 9.17) is 5.11 Å². The van der Waals surface area contributed by atoms with Gasteiger partial charge in [0, 0.05) is 18.9 Å². The molecular weight excluding hydrogens is 170 g/mol. The number of carbonyl (C=O) groups excluding carboxylic acids is 1. The third kappa shape index (κ3) is 3.44. The Balaban J connectivity index is 1.98. The lowest BCUT2D eigenvalue weighted by molar-refractivity contribution is -0.137. The predicted octanol–water partition coefficient (Wildman–Crippen LogP) is 0.767. The Hall–Kier alpha value is -1.06. The lowest BCUT2D eigenvalue weighted by atomic mass is 9.85. The fourth-order valence-corrected chi connectivity index (χ4v) is 1.27. The van der Waals surface area contributed by atoms with Gasteiger partial charge in [-0.1, -0.05) is 6.42 Å².